The van der Waals surface area contributed by atoms with E-state index < -0.39 is 0 Å². The summed E-state index contributed by atoms with van der Waals surface area (Å²) in [5.74, 6) is 0.811. The Morgan fingerprint density at radius 3 is 2.52 bits per heavy atom. The van der Waals surface area contributed by atoms with E-state index in [4.69, 9.17) is 10.5 Å². The second-order valence-electron chi connectivity index (χ2n) is 7.28. The highest BCUT2D eigenvalue weighted by Crippen LogP contribution is 2.38. The molecule has 0 aliphatic heterocycles. The van der Waals surface area contributed by atoms with Crippen molar-refractivity contribution >= 4 is 28.3 Å². The maximum atomic E-state index is 12.0. The molecule has 6 nitrogen and oxygen atoms in total. The molecule has 0 fully saturated rings. The van der Waals surface area contributed by atoms with Crippen LogP contribution >= 0.6 is 0 Å². The summed E-state index contributed by atoms with van der Waals surface area (Å²) in [6.45, 7) is 7.02. The first-order chi connectivity index (χ1) is 14.0. The van der Waals surface area contributed by atoms with Crippen LogP contribution in [0.5, 0.6) is 5.75 Å². The number of ether oxygens (including phenoxy) is 1. The molecule has 6 heteroatoms. The number of nitrogens with two attached hydrogens (primary N) is 1. The second-order valence-corrected chi connectivity index (χ2v) is 7.28. The minimum Gasteiger partial charge on any atom is -0.497 e. The standard InChI is InChI=1S/C23H30N4O2/c1-5-13-27-20-14-18(29-4)11-12-19(20)21(24)22(27)16-7-9-17(10-8-16)26-23(28)25-15(3)6-2/h7-12,14-15H,5-6,13,24H2,1-4H3,(H2,25,26,28). The smallest absolute Gasteiger partial charge is 0.319 e. The highest BCUT2D eigenvalue weighted by Gasteiger charge is 2.17. The Hall–Kier alpha value is -3.15. The van der Waals surface area contributed by atoms with Crippen molar-refractivity contribution in [3.05, 3.63) is 42.5 Å². The Kier molecular flexibility index (Phi) is 6.32. The molecule has 2 amide bonds. The highest BCUT2D eigenvalue weighted by atomic mass is 16.5. The predicted octanol–water partition coefficient (Wildman–Crippen LogP) is 5.23. The van der Waals surface area contributed by atoms with Crippen molar-refractivity contribution in [1.82, 2.24) is 9.88 Å². The van der Waals surface area contributed by atoms with Gasteiger partial charge in [-0.25, -0.2) is 4.79 Å². The molecular formula is C23H30N4O2. The number of amides is 2. The number of aryl methyl sites for hydroxylation is 1. The van der Waals surface area contributed by atoms with Crippen molar-refractivity contribution in [2.45, 2.75) is 46.2 Å². The first-order valence-corrected chi connectivity index (χ1v) is 10.1. The molecule has 29 heavy (non-hydrogen) atoms. The number of benzene rings is 2. The molecule has 0 aliphatic rings. The van der Waals surface area contributed by atoms with E-state index in [1.165, 1.54) is 0 Å². The van der Waals surface area contributed by atoms with Gasteiger partial charge in [-0.2, -0.15) is 0 Å². The van der Waals surface area contributed by atoms with E-state index in [1.54, 1.807) is 7.11 Å². The van der Waals surface area contributed by atoms with Crippen LogP contribution in [0.25, 0.3) is 22.2 Å². The van der Waals surface area contributed by atoms with Crippen molar-refractivity contribution < 1.29 is 9.53 Å². The minimum absolute atomic E-state index is 0.135. The molecule has 0 bridgehead atoms. The first kappa shape index (κ1) is 20.6. The summed E-state index contributed by atoms with van der Waals surface area (Å²) in [7, 11) is 1.67. The number of nitrogen functional groups attached to an aromatic ring is 1. The summed E-state index contributed by atoms with van der Waals surface area (Å²) in [5, 5.41) is 6.80. The molecule has 0 aliphatic carbocycles. The maximum Gasteiger partial charge on any atom is 0.319 e. The van der Waals surface area contributed by atoms with E-state index in [1.807, 2.05) is 56.3 Å². The van der Waals surface area contributed by atoms with Crippen LogP contribution < -0.4 is 21.1 Å². The summed E-state index contributed by atoms with van der Waals surface area (Å²) in [6, 6.07) is 13.7. The second kappa shape index (κ2) is 8.90. The fourth-order valence-electron chi connectivity index (χ4n) is 3.45. The number of methoxy groups -OCH3 is 1. The molecule has 1 aromatic heterocycles. The van der Waals surface area contributed by atoms with E-state index in [0.717, 1.165) is 58.7 Å². The number of nitrogens with one attached hydrogen (secondary N) is 2. The van der Waals surface area contributed by atoms with E-state index in [-0.39, 0.29) is 12.1 Å². The predicted molar refractivity (Wildman–Crippen MR) is 121 cm³/mol. The van der Waals surface area contributed by atoms with Gasteiger partial charge in [0, 0.05) is 35.3 Å². The topological polar surface area (TPSA) is 81.3 Å². The zero-order chi connectivity index (χ0) is 21.0. The molecule has 154 valence electrons. The third-order valence-electron chi connectivity index (χ3n) is 5.16. The van der Waals surface area contributed by atoms with E-state index >= 15 is 0 Å². The van der Waals surface area contributed by atoms with Gasteiger partial charge in [0.2, 0.25) is 0 Å². The lowest BCUT2D eigenvalue weighted by Crippen LogP contribution is -2.35. The highest BCUT2D eigenvalue weighted by molar-refractivity contribution is 6.01. The molecule has 3 aromatic rings. The average molecular weight is 395 g/mol. The average Bonchev–Trinajstić information content (AvgIpc) is 3.00. The van der Waals surface area contributed by atoms with Gasteiger partial charge >= 0.3 is 6.03 Å². The Balaban J connectivity index is 1.94. The number of hydrogen-bond acceptors (Lipinski definition) is 3. The summed E-state index contributed by atoms with van der Waals surface area (Å²) in [5.41, 5.74) is 11.1. The molecule has 3 rings (SSSR count). The van der Waals surface area contributed by atoms with Crippen molar-refractivity contribution in [2.24, 2.45) is 0 Å². The largest absolute Gasteiger partial charge is 0.497 e. The monoisotopic (exact) mass is 394 g/mol. The fraction of sp³-hybridized carbons (Fsp3) is 0.348. The van der Waals surface area contributed by atoms with Crippen LogP contribution in [0.1, 0.15) is 33.6 Å². The number of carbonyl (C=O) groups is 1. The third-order valence-corrected chi connectivity index (χ3v) is 5.16. The lowest BCUT2D eigenvalue weighted by molar-refractivity contribution is 0.249. The summed E-state index contributed by atoms with van der Waals surface area (Å²) >= 11 is 0. The van der Waals surface area contributed by atoms with Gasteiger partial charge in [0.1, 0.15) is 5.75 Å². The Labute approximate surface area is 172 Å². The molecule has 0 saturated carbocycles. The van der Waals surface area contributed by atoms with Crippen LogP contribution in [0.2, 0.25) is 0 Å². The van der Waals surface area contributed by atoms with Gasteiger partial charge in [-0.1, -0.05) is 26.0 Å². The van der Waals surface area contributed by atoms with Gasteiger partial charge in [-0.3, -0.25) is 0 Å². The van der Waals surface area contributed by atoms with Crippen LogP contribution in [-0.2, 0) is 6.54 Å². The van der Waals surface area contributed by atoms with Gasteiger partial charge in [0.25, 0.3) is 0 Å². The fourth-order valence-corrected chi connectivity index (χ4v) is 3.45. The first-order valence-electron chi connectivity index (χ1n) is 10.1. The lowest BCUT2D eigenvalue weighted by atomic mass is 10.1. The zero-order valence-electron chi connectivity index (χ0n) is 17.6. The SMILES string of the molecule is CCCn1c(-c2ccc(NC(=O)NC(C)CC)cc2)c(N)c2ccc(OC)cc21. The number of urea groups is 1. The van der Waals surface area contributed by atoms with Crippen molar-refractivity contribution in [3.8, 4) is 17.0 Å². The van der Waals surface area contributed by atoms with E-state index in [2.05, 4.69) is 22.1 Å². The zero-order valence-corrected chi connectivity index (χ0v) is 17.6. The molecule has 1 atom stereocenters. The van der Waals surface area contributed by atoms with Gasteiger partial charge in [0.15, 0.2) is 0 Å². The molecule has 0 saturated heterocycles. The number of anilines is 2. The molecule has 2 aromatic carbocycles. The maximum absolute atomic E-state index is 12.0. The van der Waals surface area contributed by atoms with Crippen molar-refractivity contribution in [3.63, 3.8) is 0 Å². The van der Waals surface area contributed by atoms with E-state index in [9.17, 15) is 4.79 Å². The van der Waals surface area contributed by atoms with Gasteiger partial charge in [-0.15, -0.1) is 0 Å². The molecular weight excluding hydrogens is 364 g/mol. The normalized spacial score (nSPS) is 12.0. The minimum atomic E-state index is -0.196. The molecule has 1 heterocycles. The van der Waals surface area contributed by atoms with Crippen molar-refractivity contribution in [1.29, 1.82) is 0 Å². The quantitative estimate of drug-likeness (QED) is 0.513. The molecule has 0 spiro atoms. The molecule has 1 unspecified atom stereocenters. The number of aromatic nitrogens is 1. The van der Waals surface area contributed by atoms with Crippen LogP contribution in [0, 0.1) is 0 Å². The Morgan fingerprint density at radius 2 is 1.90 bits per heavy atom. The van der Waals surface area contributed by atoms with Crippen LogP contribution in [0.15, 0.2) is 42.5 Å². The number of carbonyl (C=O) groups excluding carboxylic acids is 1. The van der Waals surface area contributed by atoms with Gasteiger partial charge in [-0.05, 0) is 44.0 Å². The number of nitrogens with zero attached hydrogens (tertiary/aromatic N) is 1. The van der Waals surface area contributed by atoms with Gasteiger partial charge < -0.3 is 25.7 Å². The van der Waals surface area contributed by atoms with Gasteiger partial charge in [0.05, 0.1) is 24.0 Å². The Bertz CT molecular complexity index is 992. The summed E-state index contributed by atoms with van der Waals surface area (Å²) < 4.78 is 7.64. The van der Waals surface area contributed by atoms with E-state index in [0.29, 0.717) is 0 Å². The number of rotatable bonds is 7. The number of fused-ring (bicyclic) bond motifs is 1. The van der Waals surface area contributed by atoms with Crippen molar-refractivity contribution in [2.75, 3.05) is 18.2 Å². The Morgan fingerprint density at radius 1 is 1.17 bits per heavy atom. The van der Waals surface area contributed by atoms with Crippen LogP contribution in [-0.4, -0.2) is 23.7 Å². The molecule has 0 radical (unpaired) electrons. The summed E-state index contributed by atoms with van der Waals surface area (Å²) in [6.07, 6.45) is 1.88. The molecule has 4 N–H and O–H groups in total. The van der Waals surface area contributed by atoms with Crippen LogP contribution in [0.3, 0.4) is 0 Å². The van der Waals surface area contributed by atoms with Crippen LogP contribution in [0.4, 0.5) is 16.2 Å². The number of hydrogen-bond donors (Lipinski definition) is 3. The lowest BCUT2D eigenvalue weighted by Gasteiger charge is -2.14. The summed E-state index contributed by atoms with van der Waals surface area (Å²) in [4.78, 5) is 12.0. The third kappa shape index (κ3) is 4.31.